The van der Waals surface area contributed by atoms with E-state index in [2.05, 4.69) is 10.1 Å². The SMILES string of the molecule is CCOC(=O)C(Sc1ncnn1C(C(=O)OCC)C(=O)OCC)C(=O)OCC. The molecule has 0 saturated heterocycles. The lowest BCUT2D eigenvalue weighted by molar-refractivity contribution is -0.161. The zero-order chi connectivity index (χ0) is 21.1. The van der Waals surface area contributed by atoms with E-state index in [-0.39, 0.29) is 31.6 Å². The monoisotopic (exact) mass is 417 g/mol. The Labute approximate surface area is 166 Å². The molecular weight excluding hydrogens is 394 g/mol. The van der Waals surface area contributed by atoms with E-state index in [1.807, 2.05) is 0 Å². The van der Waals surface area contributed by atoms with Crippen LogP contribution in [0.1, 0.15) is 33.7 Å². The second-order valence-electron chi connectivity index (χ2n) is 4.90. The Hall–Kier alpha value is -2.63. The van der Waals surface area contributed by atoms with Crippen molar-refractivity contribution < 1.29 is 38.1 Å². The number of rotatable bonds is 11. The summed E-state index contributed by atoms with van der Waals surface area (Å²) in [5.41, 5.74) is 0. The number of esters is 4. The lowest BCUT2D eigenvalue weighted by Gasteiger charge is -2.18. The van der Waals surface area contributed by atoms with Crippen LogP contribution < -0.4 is 0 Å². The first kappa shape index (κ1) is 23.4. The van der Waals surface area contributed by atoms with Crippen LogP contribution in [0, 0.1) is 0 Å². The van der Waals surface area contributed by atoms with Crippen molar-refractivity contribution in [3.63, 3.8) is 0 Å². The Morgan fingerprint density at radius 2 is 1.29 bits per heavy atom. The lowest BCUT2D eigenvalue weighted by atomic mass is 10.3. The van der Waals surface area contributed by atoms with Crippen LogP contribution in [-0.4, -0.2) is 70.3 Å². The number of ether oxygens (including phenoxy) is 4. The van der Waals surface area contributed by atoms with Gasteiger partial charge in [0, 0.05) is 0 Å². The van der Waals surface area contributed by atoms with Gasteiger partial charge in [0.1, 0.15) is 6.33 Å². The summed E-state index contributed by atoms with van der Waals surface area (Å²) in [6.45, 7) is 6.49. The molecule has 0 N–H and O–H groups in total. The molecule has 0 saturated carbocycles. The molecule has 11 nitrogen and oxygen atoms in total. The van der Waals surface area contributed by atoms with Gasteiger partial charge in [-0.05, 0) is 27.7 Å². The van der Waals surface area contributed by atoms with Crippen molar-refractivity contribution in [1.82, 2.24) is 14.8 Å². The van der Waals surface area contributed by atoms with E-state index in [1.165, 1.54) is 0 Å². The number of aromatic nitrogens is 3. The Balaban J connectivity index is 3.22. The maximum Gasteiger partial charge on any atom is 0.342 e. The average Bonchev–Trinajstić information content (AvgIpc) is 3.08. The molecule has 1 aromatic rings. The van der Waals surface area contributed by atoms with Crippen LogP contribution in [0.3, 0.4) is 0 Å². The van der Waals surface area contributed by atoms with Crippen LogP contribution in [0.2, 0.25) is 0 Å². The summed E-state index contributed by atoms with van der Waals surface area (Å²) in [4.78, 5) is 52.8. The summed E-state index contributed by atoms with van der Waals surface area (Å²) in [6, 6.07) is -1.57. The predicted molar refractivity (Wildman–Crippen MR) is 95.2 cm³/mol. The Kier molecular flexibility index (Phi) is 9.99. The van der Waals surface area contributed by atoms with Crippen LogP contribution in [0.25, 0.3) is 0 Å². The molecule has 0 aliphatic carbocycles. The topological polar surface area (TPSA) is 136 Å². The summed E-state index contributed by atoms with van der Waals surface area (Å²) in [7, 11) is 0. The van der Waals surface area contributed by atoms with Crippen molar-refractivity contribution in [3.8, 4) is 0 Å². The fourth-order valence-corrected chi connectivity index (χ4v) is 2.88. The molecule has 12 heteroatoms. The van der Waals surface area contributed by atoms with Crippen molar-refractivity contribution >= 4 is 35.6 Å². The van der Waals surface area contributed by atoms with Gasteiger partial charge in [0.15, 0.2) is 5.16 Å². The first-order valence-corrected chi connectivity index (χ1v) is 9.51. The van der Waals surface area contributed by atoms with Gasteiger partial charge in [0.2, 0.25) is 11.3 Å². The van der Waals surface area contributed by atoms with Gasteiger partial charge in [-0.15, -0.1) is 0 Å². The third-order valence-electron chi connectivity index (χ3n) is 3.03. The van der Waals surface area contributed by atoms with E-state index >= 15 is 0 Å². The zero-order valence-electron chi connectivity index (χ0n) is 16.1. The molecule has 0 amide bonds. The van der Waals surface area contributed by atoms with E-state index in [0.717, 1.165) is 11.0 Å². The molecule has 1 aromatic heterocycles. The number of nitrogens with zero attached hydrogens (tertiary/aromatic N) is 3. The molecule has 0 radical (unpaired) electrons. The molecule has 0 fully saturated rings. The summed E-state index contributed by atoms with van der Waals surface area (Å²) < 4.78 is 20.5. The third-order valence-corrected chi connectivity index (χ3v) is 4.15. The molecule has 1 heterocycles. The Morgan fingerprint density at radius 3 is 1.71 bits per heavy atom. The average molecular weight is 417 g/mol. The molecular formula is C16H23N3O8S. The normalized spacial score (nSPS) is 10.6. The number of hydrogen-bond acceptors (Lipinski definition) is 11. The molecule has 156 valence electrons. The molecule has 0 aliphatic rings. The largest absolute Gasteiger partial charge is 0.465 e. The minimum atomic E-state index is -1.57. The maximum absolute atomic E-state index is 12.3. The lowest BCUT2D eigenvalue weighted by Crippen LogP contribution is -2.34. The number of thioether (sulfide) groups is 1. The van der Waals surface area contributed by atoms with Gasteiger partial charge >= 0.3 is 23.9 Å². The predicted octanol–water partition coefficient (Wildman–Crippen LogP) is 0.532. The highest BCUT2D eigenvalue weighted by Crippen LogP contribution is 2.26. The number of carbonyl (C=O) groups excluding carboxylic acids is 4. The maximum atomic E-state index is 12.3. The standard InChI is InChI=1S/C16H23N3O8S/c1-5-24-12(20)10(13(21)25-6-2)19-16(17-9-18-19)28-11(14(22)26-7-3)15(23)27-8-4/h9-11H,5-8H2,1-4H3. The van der Waals surface area contributed by atoms with Crippen LogP contribution in [0.4, 0.5) is 0 Å². The van der Waals surface area contributed by atoms with Crippen molar-refractivity contribution in [2.24, 2.45) is 0 Å². The van der Waals surface area contributed by atoms with Gasteiger partial charge in [-0.25, -0.2) is 19.3 Å². The molecule has 0 atom stereocenters. The van der Waals surface area contributed by atoms with Gasteiger partial charge in [-0.1, -0.05) is 11.8 Å². The van der Waals surface area contributed by atoms with Gasteiger partial charge < -0.3 is 18.9 Å². The minimum absolute atomic E-state index is 0.0280. The summed E-state index contributed by atoms with van der Waals surface area (Å²) in [6.07, 6.45) is 1.07. The van der Waals surface area contributed by atoms with Gasteiger partial charge in [0.25, 0.3) is 0 Å². The van der Waals surface area contributed by atoms with Crippen LogP contribution >= 0.6 is 11.8 Å². The van der Waals surface area contributed by atoms with Gasteiger partial charge in [-0.2, -0.15) is 5.10 Å². The van der Waals surface area contributed by atoms with E-state index in [4.69, 9.17) is 18.9 Å². The van der Waals surface area contributed by atoms with Crippen LogP contribution in [0.5, 0.6) is 0 Å². The number of hydrogen-bond donors (Lipinski definition) is 0. The second-order valence-corrected chi connectivity index (χ2v) is 5.97. The van der Waals surface area contributed by atoms with Crippen molar-refractivity contribution in [2.45, 2.75) is 44.1 Å². The fraction of sp³-hybridized carbons (Fsp3) is 0.625. The fourth-order valence-electron chi connectivity index (χ4n) is 1.97. The van der Waals surface area contributed by atoms with Gasteiger partial charge in [-0.3, -0.25) is 9.59 Å². The molecule has 1 rings (SSSR count). The first-order chi connectivity index (χ1) is 13.4. The smallest absolute Gasteiger partial charge is 0.342 e. The third kappa shape index (κ3) is 6.22. The van der Waals surface area contributed by atoms with E-state index < -0.39 is 35.2 Å². The van der Waals surface area contributed by atoms with E-state index in [0.29, 0.717) is 11.8 Å². The molecule has 28 heavy (non-hydrogen) atoms. The highest BCUT2D eigenvalue weighted by atomic mass is 32.2. The highest BCUT2D eigenvalue weighted by molar-refractivity contribution is 8.01. The number of carbonyl (C=O) groups is 4. The highest BCUT2D eigenvalue weighted by Gasteiger charge is 2.38. The van der Waals surface area contributed by atoms with Crippen LogP contribution in [-0.2, 0) is 38.1 Å². The first-order valence-electron chi connectivity index (χ1n) is 8.63. The Bertz CT molecular complexity index is 657. The van der Waals surface area contributed by atoms with Crippen molar-refractivity contribution in [1.29, 1.82) is 0 Å². The van der Waals surface area contributed by atoms with Crippen molar-refractivity contribution in [2.75, 3.05) is 26.4 Å². The molecule has 0 aromatic carbocycles. The Morgan fingerprint density at radius 1 is 0.857 bits per heavy atom. The quantitative estimate of drug-likeness (QED) is 0.216. The second kappa shape index (κ2) is 12.0. The minimum Gasteiger partial charge on any atom is -0.465 e. The van der Waals surface area contributed by atoms with E-state index in [9.17, 15) is 19.2 Å². The zero-order valence-corrected chi connectivity index (χ0v) is 16.9. The molecule has 0 spiro atoms. The molecule has 0 bridgehead atoms. The molecule has 0 aliphatic heterocycles. The van der Waals surface area contributed by atoms with E-state index in [1.54, 1.807) is 27.7 Å². The summed E-state index contributed by atoms with van der Waals surface area (Å²) in [5, 5.41) is 2.40. The molecule has 0 unspecified atom stereocenters. The summed E-state index contributed by atoms with van der Waals surface area (Å²) >= 11 is 0.642. The van der Waals surface area contributed by atoms with Crippen LogP contribution in [0.15, 0.2) is 11.5 Å². The van der Waals surface area contributed by atoms with Gasteiger partial charge in [0.05, 0.1) is 26.4 Å². The summed E-state index contributed by atoms with van der Waals surface area (Å²) in [5.74, 6) is -3.50. The van der Waals surface area contributed by atoms with Crippen molar-refractivity contribution in [3.05, 3.63) is 6.33 Å².